The van der Waals surface area contributed by atoms with Gasteiger partial charge < -0.3 is 4.74 Å². The Morgan fingerprint density at radius 3 is 2.57 bits per heavy atom. The Morgan fingerprint density at radius 2 is 2.14 bits per heavy atom. The Balaban J connectivity index is 0.000000293. The number of hydrogen-bond acceptors (Lipinski definition) is 2. The molecule has 2 rings (SSSR count). The second-order valence-electron chi connectivity index (χ2n) is 4.48. The second kappa shape index (κ2) is 6.19. The Labute approximate surface area is 100 Å². The van der Waals surface area contributed by atoms with Gasteiger partial charge in [-0.1, -0.05) is 12.8 Å². The summed E-state index contributed by atoms with van der Waals surface area (Å²) < 4.78 is 6.60. The van der Waals surface area contributed by atoms with Crippen LogP contribution in [0.15, 0.2) is 0 Å². The van der Waals surface area contributed by atoms with Gasteiger partial charge in [-0.25, -0.2) is 0 Å². The van der Waals surface area contributed by atoms with Gasteiger partial charge in [-0.2, -0.15) is 0 Å². The van der Waals surface area contributed by atoms with E-state index in [-0.39, 0.29) is 0 Å². The third-order valence-electron chi connectivity index (χ3n) is 2.97. The molecule has 1 unspecified atom stereocenters. The van der Waals surface area contributed by atoms with E-state index in [4.69, 9.17) is 9.53 Å². The van der Waals surface area contributed by atoms with Crippen LogP contribution in [0.5, 0.6) is 0 Å². The number of rotatable bonds is 2. The van der Waals surface area contributed by atoms with E-state index < -0.39 is 0 Å². The van der Waals surface area contributed by atoms with Gasteiger partial charge in [0, 0.05) is 22.1 Å². The standard InChI is InChI=1S/C9H18OSi.CHO.Pt/c11-9(7-8-3-4-8)5-1-2-6-10-9;1-2;/h8H,1-7H2,11H3;1H;. The predicted molar refractivity (Wildman–Crippen MR) is 56.6 cm³/mol. The zero-order chi connectivity index (χ0) is 10.4. The predicted octanol–water partition coefficient (Wildman–Crippen LogP) is 0.772. The monoisotopic (exact) mass is 394 g/mol. The van der Waals surface area contributed by atoms with Crippen molar-refractivity contribution in [1.82, 2.24) is 0 Å². The van der Waals surface area contributed by atoms with Crippen LogP contribution in [0.3, 0.4) is 0 Å². The molecule has 1 atom stereocenters. The molecule has 0 amide bonds. The van der Waals surface area contributed by atoms with Crippen LogP contribution in [0.1, 0.15) is 38.5 Å². The average molecular weight is 394 g/mol. The number of ether oxygens (including phenoxy) is 1. The van der Waals surface area contributed by atoms with Crippen molar-refractivity contribution in [2.24, 2.45) is 5.92 Å². The van der Waals surface area contributed by atoms with Gasteiger partial charge in [0.1, 0.15) is 0 Å². The van der Waals surface area contributed by atoms with Crippen LogP contribution >= 0.6 is 0 Å². The average Bonchev–Trinajstić information content (AvgIpc) is 2.90. The zero-order valence-corrected chi connectivity index (χ0v) is 13.0. The first-order valence-corrected chi connectivity index (χ1v) is 7.65. The summed E-state index contributed by atoms with van der Waals surface area (Å²) in [7, 11) is 1.25. The smallest absolute Gasteiger partial charge is 0.0488 e. The Bertz CT molecular complexity index is 177. The molecule has 0 N–H and O–H groups in total. The van der Waals surface area contributed by atoms with Gasteiger partial charge in [0.05, 0.1) is 0 Å². The van der Waals surface area contributed by atoms with Gasteiger partial charge in [0.2, 0.25) is 0 Å². The van der Waals surface area contributed by atoms with E-state index in [0.717, 1.165) is 17.2 Å². The van der Waals surface area contributed by atoms with Crippen molar-refractivity contribution >= 4 is 14.9 Å². The van der Waals surface area contributed by atoms with Crippen molar-refractivity contribution in [2.45, 2.75) is 43.7 Å². The van der Waals surface area contributed by atoms with Gasteiger partial charge in [0.15, 0.2) is 0 Å². The van der Waals surface area contributed by atoms with Crippen LogP contribution in [0.2, 0.25) is 0 Å². The van der Waals surface area contributed by atoms with E-state index >= 15 is 0 Å². The maximum atomic E-state index is 8.79. The molecule has 4 heteroatoms. The van der Waals surface area contributed by atoms with Crippen molar-refractivity contribution in [3.63, 3.8) is 0 Å². The molecule has 2 nitrogen and oxygen atoms in total. The third kappa shape index (κ3) is 4.85. The molecule has 0 spiro atoms. The first-order valence-electron chi connectivity index (χ1n) is 5.34. The van der Waals surface area contributed by atoms with Crippen LogP contribution < -0.4 is 0 Å². The third-order valence-corrected chi connectivity index (χ3v) is 4.16. The summed E-state index contributed by atoms with van der Waals surface area (Å²) in [4.78, 5) is 8.79. The van der Waals surface area contributed by atoms with E-state index in [1.165, 1.54) is 48.8 Å². The molecule has 2 fully saturated rings. The Hall–Kier alpha value is 0.535. The Morgan fingerprint density at radius 1 is 1.50 bits per heavy atom. The fraction of sp³-hybridized carbons (Fsp3) is 0.900. The first kappa shape index (κ1) is 12.6. The SMILES string of the molecule is O=[CH][Pt].[SiH3]C1(CC2CC2)CCCCO1. The van der Waals surface area contributed by atoms with Crippen LogP contribution in [-0.4, -0.2) is 26.7 Å². The van der Waals surface area contributed by atoms with Gasteiger partial charge in [-0.3, -0.25) is 0 Å². The van der Waals surface area contributed by atoms with E-state index in [2.05, 4.69) is 0 Å². The van der Waals surface area contributed by atoms with E-state index in [0.29, 0.717) is 5.22 Å². The number of carbonyl (C=O) groups excluding carboxylic acids is 1. The van der Waals surface area contributed by atoms with E-state index in [1.807, 2.05) is 0 Å². The van der Waals surface area contributed by atoms with Gasteiger partial charge in [0.25, 0.3) is 0 Å². The summed E-state index contributed by atoms with van der Waals surface area (Å²) in [5, 5.41) is 0.402. The molecule has 1 aliphatic carbocycles. The number of carbonyl (C=O) groups is 1. The zero-order valence-electron chi connectivity index (χ0n) is 8.74. The van der Waals surface area contributed by atoms with Crippen LogP contribution in [0.25, 0.3) is 0 Å². The minimum atomic E-state index is 0.402. The maximum Gasteiger partial charge on any atom is 0.0488 e. The molecule has 1 aliphatic heterocycles. The van der Waals surface area contributed by atoms with Gasteiger partial charge in [-0.05, 0) is 31.6 Å². The van der Waals surface area contributed by atoms with Crippen molar-refractivity contribution in [1.29, 1.82) is 0 Å². The van der Waals surface area contributed by atoms with E-state index in [1.54, 1.807) is 19.8 Å². The molecule has 0 aromatic heterocycles. The molecule has 0 aromatic carbocycles. The van der Waals surface area contributed by atoms with E-state index in [9.17, 15) is 0 Å². The normalized spacial score (nSPS) is 31.9. The molecule has 1 saturated carbocycles. The summed E-state index contributed by atoms with van der Waals surface area (Å²) in [5.41, 5.74) is 0. The molecule has 2 aliphatic rings. The summed E-state index contributed by atoms with van der Waals surface area (Å²) in [6, 6.07) is 0. The fourth-order valence-electron chi connectivity index (χ4n) is 2.09. The Kier molecular flexibility index (Phi) is 5.57. The largest absolute Gasteiger partial charge is 0.380 e. The summed E-state index contributed by atoms with van der Waals surface area (Å²) in [6.45, 7) is 1.04. The molecule has 1 saturated heterocycles. The van der Waals surface area contributed by atoms with Crippen LogP contribution in [0, 0.1) is 5.92 Å². The van der Waals surface area contributed by atoms with Gasteiger partial charge >= 0.3 is 29.3 Å². The van der Waals surface area contributed by atoms with Crippen LogP contribution in [0.4, 0.5) is 0 Å². The van der Waals surface area contributed by atoms with Crippen LogP contribution in [-0.2, 0) is 29.3 Å². The van der Waals surface area contributed by atoms with Crippen molar-refractivity contribution in [3.8, 4) is 0 Å². The maximum absolute atomic E-state index is 8.79. The molecule has 1 heterocycles. The fourth-order valence-corrected chi connectivity index (χ4v) is 3.22. The van der Waals surface area contributed by atoms with Crippen molar-refractivity contribution in [3.05, 3.63) is 0 Å². The molecule has 0 bridgehead atoms. The minimum Gasteiger partial charge on any atom is -0.380 e. The minimum absolute atomic E-state index is 0.402. The van der Waals surface area contributed by atoms with Crippen molar-refractivity contribution in [2.75, 3.05) is 6.61 Å². The molecular formula is C10H19O2PtSi. The molecule has 0 aromatic rings. The van der Waals surface area contributed by atoms with Gasteiger partial charge in [-0.15, -0.1) is 0 Å². The molecule has 0 radical (unpaired) electrons. The summed E-state index contributed by atoms with van der Waals surface area (Å²) in [5.74, 6) is 1.05. The summed E-state index contributed by atoms with van der Waals surface area (Å²) >= 11 is 1.60. The second-order valence-corrected chi connectivity index (χ2v) is 6.84. The topological polar surface area (TPSA) is 26.3 Å². The van der Waals surface area contributed by atoms with Crippen molar-refractivity contribution < 1.29 is 29.3 Å². The quantitative estimate of drug-likeness (QED) is 0.511. The number of hydrogen-bond donors (Lipinski definition) is 0. The summed E-state index contributed by atoms with van der Waals surface area (Å²) in [6.07, 6.45) is 8.42. The molecular weight excluding hydrogens is 375 g/mol. The molecule has 14 heavy (non-hydrogen) atoms. The first-order chi connectivity index (χ1) is 6.70. The molecule has 85 valence electrons.